The smallest absolute Gasteiger partial charge is 0.257 e. The second kappa shape index (κ2) is 6.91. The van der Waals surface area contributed by atoms with Crippen molar-refractivity contribution in [3.8, 4) is 11.3 Å². The van der Waals surface area contributed by atoms with Gasteiger partial charge in [0.2, 0.25) is 0 Å². The Morgan fingerprint density at radius 1 is 1.39 bits per heavy atom. The third-order valence-electron chi connectivity index (χ3n) is 4.20. The van der Waals surface area contributed by atoms with E-state index in [1.165, 1.54) is 6.42 Å². The predicted octanol–water partition coefficient (Wildman–Crippen LogP) is 2.85. The number of hydrogen-bond acceptors (Lipinski definition) is 5. The highest BCUT2D eigenvalue weighted by molar-refractivity contribution is 6.01. The van der Waals surface area contributed by atoms with Crippen LogP contribution in [0.1, 0.15) is 61.3 Å². The number of pyridine rings is 1. The Morgan fingerprint density at radius 3 is 2.83 bits per heavy atom. The molecule has 23 heavy (non-hydrogen) atoms. The summed E-state index contributed by atoms with van der Waals surface area (Å²) in [7, 11) is 0. The van der Waals surface area contributed by atoms with Gasteiger partial charge in [0, 0.05) is 24.0 Å². The van der Waals surface area contributed by atoms with E-state index in [1.54, 1.807) is 25.4 Å². The van der Waals surface area contributed by atoms with Crippen molar-refractivity contribution in [2.75, 3.05) is 0 Å². The number of carbonyl (C=O) groups is 1. The van der Waals surface area contributed by atoms with Crippen LogP contribution in [-0.4, -0.2) is 27.2 Å². The van der Waals surface area contributed by atoms with Crippen molar-refractivity contribution in [1.82, 2.24) is 15.5 Å². The molecule has 1 fully saturated rings. The van der Waals surface area contributed by atoms with Gasteiger partial charge >= 0.3 is 0 Å². The molecular weight excluding hydrogens is 294 g/mol. The molecule has 3 rings (SSSR count). The van der Waals surface area contributed by atoms with Crippen molar-refractivity contribution in [3.05, 3.63) is 35.9 Å². The number of aromatic nitrogens is 2. The minimum Gasteiger partial charge on any atom is -0.385 e. The van der Waals surface area contributed by atoms with Crippen LogP contribution in [0.4, 0.5) is 0 Å². The fourth-order valence-electron chi connectivity index (χ4n) is 3.01. The maximum absolute atomic E-state index is 12.8. The first kappa shape index (κ1) is 15.7. The fourth-order valence-corrected chi connectivity index (χ4v) is 3.01. The van der Waals surface area contributed by atoms with E-state index in [-0.39, 0.29) is 17.7 Å². The molecule has 1 aliphatic rings. The summed E-state index contributed by atoms with van der Waals surface area (Å²) in [6, 6.07) is 3.76. The standard InChI is InChI=1S/C17H21N3O3/c1-11(21)16-14(17(22)19-13-7-3-2-4-8-13)15(20-23-16)12-6-5-9-18-10-12/h5-6,9-11,13,21H,2-4,7-8H2,1H3,(H,19,22)/t11-/m0/s1. The van der Waals surface area contributed by atoms with Crippen LogP contribution in [0.2, 0.25) is 0 Å². The van der Waals surface area contributed by atoms with Gasteiger partial charge in [-0.1, -0.05) is 24.4 Å². The number of aliphatic hydroxyl groups is 1. The molecule has 2 N–H and O–H groups in total. The number of rotatable bonds is 4. The van der Waals surface area contributed by atoms with Crippen molar-refractivity contribution in [2.24, 2.45) is 0 Å². The van der Waals surface area contributed by atoms with Crippen molar-refractivity contribution >= 4 is 5.91 Å². The van der Waals surface area contributed by atoms with E-state index in [0.29, 0.717) is 16.8 Å². The van der Waals surface area contributed by atoms with E-state index >= 15 is 0 Å². The summed E-state index contributed by atoms with van der Waals surface area (Å²) in [5.41, 5.74) is 1.41. The van der Waals surface area contributed by atoms with Gasteiger partial charge in [-0.05, 0) is 31.9 Å². The van der Waals surface area contributed by atoms with Gasteiger partial charge in [0.05, 0.1) is 0 Å². The molecule has 1 amide bonds. The average molecular weight is 315 g/mol. The van der Waals surface area contributed by atoms with E-state index in [2.05, 4.69) is 15.5 Å². The molecule has 0 bridgehead atoms. The van der Waals surface area contributed by atoms with E-state index in [4.69, 9.17) is 4.52 Å². The average Bonchev–Trinajstić information content (AvgIpc) is 3.02. The Bertz CT molecular complexity index is 661. The van der Waals surface area contributed by atoms with Crippen molar-refractivity contribution in [3.63, 3.8) is 0 Å². The van der Waals surface area contributed by atoms with Crippen molar-refractivity contribution in [2.45, 2.75) is 51.2 Å². The van der Waals surface area contributed by atoms with Gasteiger partial charge in [0.15, 0.2) is 5.76 Å². The van der Waals surface area contributed by atoms with E-state index in [0.717, 1.165) is 25.7 Å². The fraction of sp³-hybridized carbons (Fsp3) is 0.471. The van der Waals surface area contributed by atoms with Crippen LogP contribution >= 0.6 is 0 Å². The monoisotopic (exact) mass is 315 g/mol. The first-order valence-corrected chi connectivity index (χ1v) is 8.05. The lowest BCUT2D eigenvalue weighted by atomic mass is 9.95. The maximum atomic E-state index is 12.8. The van der Waals surface area contributed by atoms with Crippen LogP contribution in [0, 0.1) is 0 Å². The van der Waals surface area contributed by atoms with E-state index < -0.39 is 6.10 Å². The summed E-state index contributed by atoms with van der Waals surface area (Å²) in [6.45, 7) is 1.56. The van der Waals surface area contributed by atoms with Crippen molar-refractivity contribution < 1.29 is 14.4 Å². The largest absolute Gasteiger partial charge is 0.385 e. The predicted molar refractivity (Wildman–Crippen MR) is 84.7 cm³/mol. The van der Waals surface area contributed by atoms with Crippen LogP contribution in [-0.2, 0) is 0 Å². The van der Waals surface area contributed by atoms with Gasteiger partial charge in [0.1, 0.15) is 17.4 Å². The van der Waals surface area contributed by atoms with Gasteiger partial charge in [-0.25, -0.2) is 0 Å². The summed E-state index contributed by atoms with van der Waals surface area (Å²) in [5.74, 6) is -0.0509. The molecule has 1 atom stereocenters. The summed E-state index contributed by atoms with van der Waals surface area (Å²) < 4.78 is 5.23. The molecule has 2 aromatic rings. The first-order chi connectivity index (χ1) is 11.2. The number of aliphatic hydroxyl groups excluding tert-OH is 1. The third-order valence-corrected chi connectivity index (χ3v) is 4.20. The first-order valence-electron chi connectivity index (χ1n) is 8.05. The van der Waals surface area contributed by atoms with Gasteiger partial charge in [-0.2, -0.15) is 0 Å². The summed E-state index contributed by atoms with van der Waals surface area (Å²) >= 11 is 0. The van der Waals surface area contributed by atoms with E-state index in [9.17, 15) is 9.90 Å². The molecule has 0 unspecified atom stereocenters. The zero-order valence-electron chi connectivity index (χ0n) is 13.2. The van der Waals surface area contributed by atoms with Crippen LogP contribution in [0.5, 0.6) is 0 Å². The number of carbonyl (C=O) groups excluding carboxylic acids is 1. The molecule has 122 valence electrons. The third kappa shape index (κ3) is 3.42. The Morgan fingerprint density at radius 2 is 2.17 bits per heavy atom. The number of amides is 1. The van der Waals surface area contributed by atoms with E-state index in [1.807, 2.05) is 6.07 Å². The molecule has 6 heteroatoms. The minimum atomic E-state index is -0.903. The second-order valence-electron chi connectivity index (χ2n) is 6.00. The lowest BCUT2D eigenvalue weighted by molar-refractivity contribution is 0.0915. The maximum Gasteiger partial charge on any atom is 0.257 e. The topological polar surface area (TPSA) is 88.2 Å². The zero-order valence-corrected chi connectivity index (χ0v) is 13.2. The van der Waals surface area contributed by atoms with Crippen LogP contribution in [0.25, 0.3) is 11.3 Å². The Labute approximate surface area is 134 Å². The summed E-state index contributed by atoms with van der Waals surface area (Å²) in [5, 5.41) is 16.9. The van der Waals surface area contributed by atoms with Gasteiger partial charge < -0.3 is 14.9 Å². The quantitative estimate of drug-likeness (QED) is 0.905. The molecule has 0 saturated heterocycles. The molecule has 6 nitrogen and oxygen atoms in total. The summed E-state index contributed by atoms with van der Waals surface area (Å²) in [4.78, 5) is 16.8. The second-order valence-corrected chi connectivity index (χ2v) is 6.00. The number of nitrogens with zero attached hydrogens (tertiary/aromatic N) is 2. The van der Waals surface area contributed by atoms with Crippen LogP contribution in [0.15, 0.2) is 29.0 Å². The molecule has 0 aromatic carbocycles. The highest BCUT2D eigenvalue weighted by Gasteiger charge is 2.28. The van der Waals surface area contributed by atoms with Gasteiger partial charge in [-0.15, -0.1) is 0 Å². The molecule has 0 spiro atoms. The molecule has 2 aromatic heterocycles. The highest BCUT2D eigenvalue weighted by Crippen LogP contribution is 2.29. The molecule has 0 radical (unpaired) electrons. The number of nitrogens with one attached hydrogen (secondary N) is 1. The Hall–Kier alpha value is -2.21. The van der Waals surface area contributed by atoms with Crippen LogP contribution in [0.3, 0.4) is 0 Å². The van der Waals surface area contributed by atoms with Crippen molar-refractivity contribution in [1.29, 1.82) is 0 Å². The molecule has 1 saturated carbocycles. The molecule has 0 aliphatic heterocycles. The SMILES string of the molecule is C[C@H](O)c1onc(-c2cccnc2)c1C(=O)NC1CCCCC1. The normalized spacial score (nSPS) is 17.0. The Balaban J connectivity index is 1.92. The van der Waals surface area contributed by atoms with Gasteiger partial charge in [-0.3, -0.25) is 9.78 Å². The summed E-state index contributed by atoms with van der Waals surface area (Å²) in [6.07, 6.45) is 7.84. The van der Waals surface area contributed by atoms with Crippen LogP contribution < -0.4 is 5.32 Å². The Kier molecular flexibility index (Phi) is 4.71. The highest BCUT2D eigenvalue weighted by atomic mass is 16.5. The number of hydrogen-bond donors (Lipinski definition) is 2. The molecule has 1 aliphatic carbocycles. The van der Waals surface area contributed by atoms with Gasteiger partial charge in [0.25, 0.3) is 5.91 Å². The molecule has 2 heterocycles. The molecular formula is C17H21N3O3. The lowest BCUT2D eigenvalue weighted by Gasteiger charge is -2.22. The zero-order chi connectivity index (χ0) is 16.2. The lowest BCUT2D eigenvalue weighted by Crippen LogP contribution is -2.36. The minimum absolute atomic E-state index is 0.176.